The number of carbonyl (C=O) groups is 2. The molecule has 1 atom stereocenters. The van der Waals surface area contributed by atoms with Crippen LogP contribution in [-0.2, 0) is 14.8 Å². The van der Waals surface area contributed by atoms with Crippen LogP contribution >= 0.6 is 0 Å². The molecule has 0 aromatic heterocycles. The minimum Gasteiger partial charge on any atom is -0.484 e. The Kier molecular flexibility index (Phi) is 6.03. The van der Waals surface area contributed by atoms with Crippen LogP contribution in [0.2, 0.25) is 0 Å². The summed E-state index contributed by atoms with van der Waals surface area (Å²) in [5.74, 6) is -0.0717. The Morgan fingerprint density at radius 1 is 1.29 bits per heavy atom. The molecule has 31 heavy (non-hydrogen) atoms. The number of carbonyl (C=O) groups excluding carboxylic acids is 1. The van der Waals surface area contributed by atoms with Crippen molar-refractivity contribution in [3.8, 4) is 11.8 Å². The lowest BCUT2D eigenvalue weighted by Gasteiger charge is -2.36. The number of carboxylic acid groups (broad SMARTS) is 1. The number of nitrogens with one attached hydrogen (secondary N) is 2. The number of hydrogen-bond acceptors (Lipinski definition) is 6. The molecule has 2 aromatic carbocycles. The van der Waals surface area contributed by atoms with Gasteiger partial charge in [-0.1, -0.05) is 6.07 Å². The minimum atomic E-state index is -4.14. The number of sulfonamides is 1. The van der Waals surface area contributed by atoms with Crippen LogP contribution in [0.5, 0.6) is 5.75 Å². The number of amides is 2. The number of hydrogen-bond donors (Lipinski definition) is 3. The van der Waals surface area contributed by atoms with E-state index in [4.69, 9.17) is 9.84 Å². The van der Waals surface area contributed by atoms with Crippen molar-refractivity contribution < 1.29 is 27.9 Å². The van der Waals surface area contributed by atoms with Gasteiger partial charge in [-0.3, -0.25) is 14.4 Å². The zero-order valence-electron chi connectivity index (χ0n) is 16.7. The van der Waals surface area contributed by atoms with E-state index in [1.54, 1.807) is 13.0 Å². The van der Waals surface area contributed by atoms with Crippen LogP contribution in [0.15, 0.2) is 41.3 Å². The monoisotopic (exact) mass is 444 g/mol. The lowest BCUT2D eigenvalue weighted by Crippen LogP contribution is -2.48. The maximum atomic E-state index is 13.6. The van der Waals surface area contributed by atoms with Crippen LogP contribution in [0.25, 0.3) is 0 Å². The highest BCUT2D eigenvalue weighted by Gasteiger charge is 2.35. The maximum Gasteiger partial charge on any atom is 0.409 e. The van der Waals surface area contributed by atoms with E-state index in [9.17, 15) is 23.3 Å². The van der Waals surface area contributed by atoms with E-state index >= 15 is 0 Å². The number of anilines is 2. The molecular formula is C20H20N4O6S. The summed E-state index contributed by atoms with van der Waals surface area (Å²) in [6.07, 6.45) is -1.98. The van der Waals surface area contributed by atoms with Crippen molar-refractivity contribution in [2.45, 2.75) is 24.8 Å². The standard InChI is InChI=1S/C20H20N4O6S/c1-12-3-4-14(9-21)7-19(12)31(28,29)24-11-16(10-22-13(2)25)30-18-6-5-15(8-17(18)24)23-20(26)27/h3-8,16,23H,10-11H2,1-2H3,(H,22,25)(H,26,27). The molecule has 1 heterocycles. The second-order valence-electron chi connectivity index (χ2n) is 6.92. The van der Waals surface area contributed by atoms with Crippen molar-refractivity contribution in [3.63, 3.8) is 0 Å². The number of nitrogens with zero attached hydrogens (tertiary/aromatic N) is 2. The predicted octanol–water partition coefficient (Wildman–Crippen LogP) is 2.05. The van der Waals surface area contributed by atoms with Crippen LogP contribution in [0.3, 0.4) is 0 Å². The Hall–Kier alpha value is -3.78. The fourth-order valence-corrected chi connectivity index (χ4v) is 4.92. The van der Waals surface area contributed by atoms with Crippen LogP contribution in [0.1, 0.15) is 18.1 Å². The average Bonchev–Trinajstić information content (AvgIpc) is 2.71. The largest absolute Gasteiger partial charge is 0.484 e. The van der Waals surface area contributed by atoms with Gasteiger partial charge in [-0.15, -0.1) is 0 Å². The minimum absolute atomic E-state index is 0.0470. The van der Waals surface area contributed by atoms with Crippen LogP contribution in [-0.4, -0.2) is 44.7 Å². The third kappa shape index (κ3) is 4.70. The number of rotatable bonds is 5. The second kappa shape index (κ2) is 8.53. The van der Waals surface area contributed by atoms with Gasteiger partial charge in [-0.05, 0) is 42.8 Å². The molecule has 0 aliphatic carbocycles. The summed E-state index contributed by atoms with van der Waals surface area (Å²) >= 11 is 0. The van der Waals surface area contributed by atoms with E-state index < -0.39 is 22.2 Å². The van der Waals surface area contributed by atoms with Gasteiger partial charge in [0.15, 0.2) is 0 Å². The van der Waals surface area contributed by atoms with Gasteiger partial charge in [-0.25, -0.2) is 13.2 Å². The summed E-state index contributed by atoms with van der Waals surface area (Å²) in [5, 5.41) is 23.0. The topological polar surface area (TPSA) is 149 Å². The van der Waals surface area contributed by atoms with Crippen molar-refractivity contribution in [3.05, 3.63) is 47.5 Å². The first-order valence-corrected chi connectivity index (χ1v) is 10.6. The SMILES string of the molecule is CC(=O)NCC1CN(S(=O)(=O)c2cc(C#N)ccc2C)c2cc(NC(=O)O)ccc2O1. The molecular weight excluding hydrogens is 424 g/mol. The van der Waals surface area contributed by atoms with Gasteiger partial charge < -0.3 is 15.2 Å². The Morgan fingerprint density at radius 2 is 2.03 bits per heavy atom. The molecule has 1 aliphatic rings. The van der Waals surface area contributed by atoms with Crippen molar-refractivity contribution >= 4 is 33.4 Å². The van der Waals surface area contributed by atoms with Crippen molar-refractivity contribution in [1.82, 2.24) is 5.32 Å². The van der Waals surface area contributed by atoms with Crippen LogP contribution in [0.4, 0.5) is 16.2 Å². The van der Waals surface area contributed by atoms with E-state index in [2.05, 4.69) is 10.6 Å². The highest BCUT2D eigenvalue weighted by Crippen LogP contribution is 2.39. The molecule has 1 aliphatic heterocycles. The van der Waals surface area contributed by atoms with Crippen LogP contribution < -0.4 is 19.7 Å². The van der Waals surface area contributed by atoms with E-state index in [0.29, 0.717) is 5.56 Å². The molecule has 0 radical (unpaired) electrons. The molecule has 0 fully saturated rings. The van der Waals surface area contributed by atoms with E-state index in [-0.39, 0.29) is 46.6 Å². The first-order valence-electron chi connectivity index (χ1n) is 9.20. The normalized spacial score (nSPS) is 15.3. The van der Waals surface area contributed by atoms with Crippen molar-refractivity contribution in [1.29, 1.82) is 5.26 Å². The molecule has 10 nitrogen and oxygen atoms in total. The van der Waals surface area contributed by atoms with Gasteiger partial charge in [0.05, 0.1) is 35.3 Å². The van der Waals surface area contributed by atoms with E-state index in [0.717, 1.165) is 4.31 Å². The van der Waals surface area contributed by atoms with Gasteiger partial charge >= 0.3 is 6.09 Å². The molecule has 0 saturated heterocycles. The Morgan fingerprint density at radius 3 is 2.68 bits per heavy atom. The van der Waals surface area contributed by atoms with Gasteiger partial charge in [0.25, 0.3) is 10.0 Å². The highest BCUT2D eigenvalue weighted by molar-refractivity contribution is 7.93. The second-order valence-corrected chi connectivity index (χ2v) is 8.75. The Balaban J connectivity index is 2.11. The fourth-order valence-electron chi connectivity index (χ4n) is 3.17. The molecule has 2 amide bonds. The summed E-state index contributed by atoms with van der Waals surface area (Å²) in [4.78, 5) is 22.3. The number of ether oxygens (including phenoxy) is 1. The number of nitriles is 1. The highest BCUT2D eigenvalue weighted by atomic mass is 32.2. The molecule has 3 rings (SSSR count). The van der Waals surface area contributed by atoms with Gasteiger partial charge in [0.1, 0.15) is 11.9 Å². The molecule has 0 bridgehead atoms. The van der Waals surface area contributed by atoms with E-state index in [1.807, 2.05) is 6.07 Å². The summed E-state index contributed by atoms with van der Waals surface area (Å²) < 4.78 is 34.1. The van der Waals surface area contributed by atoms with Gasteiger partial charge in [-0.2, -0.15) is 5.26 Å². The molecule has 0 spiro atoms. The first-order chi connectivity index (χ1) is 14.6. The molecule has 1 unspecified atom stereocenters. The summed E-state index contributed by atoms with van der Waals surface area (Å²) in [6, 6.07) is 10.6. The molecule has 0 saturated carbocycles. The zero-order valence-corrected chi connectivity index (χ0v) is 17.6. The lowest BCUT2D eigenvalue weighted by atomic mass is 10.2. The van der Waals surface area contributed by atoms with Gasteiger partial charge in [0, 0.05) is 12.6 Å². The summed E-state index contributed by atoms with van der Waals surface area (Å²) in [6.45, 7) is 2.91. The third-order valence-electron chi connectivity index (χ3n) is 4.61. The summed E-state index contributed by atoms with van der Waals surface area (Å²) in [7, 11) is -4.14. The Labute approximate surface area is 179 Å². The van der Waals surface area contributed by atoms with Gasteiger partial charge in [0.2, 0.25) is 5.91 Å². The zero-order chi connectivity index (χ0) is 22.8. The number of fused-ring (bicyclic) bond motifs is 1. The third-order valence-corrected chi connectivity index (χ3v) is 6.53. The first kappa shape index (κ1) is 21.9. The van der Waals surface area contributed by atoms with Crippen LogP contribution in [0, 0.1) is 18.3 Å². The predicted molar refractivity (Wildman–Crippen MR) is 112 cm³/mol. The fraction of sp³-hybridized carbons (Fsp3) is 0.250. The maximum absolute atomic E-state index is 13.6. The smallest absolute Gasteiger partial charge is 0.409 e. The molecule has 2 aromatic rings. The van der Waals surface area contributed by atoms with Crippen molar-refractivity contribution in [2.24, 2.45) is 0 Å². The van der Waals surface area contributed by atoms with Crippen molar-refractivity contribution in [2.75, 3.05) is 22.7 Å². The quantitative estimate of drug-likeness (QED) is 0.639. The number of benzene rings is 2. The Bertz CT molecular complexity index is 1190. The molecule has 3 N–H and O–H groups in total. The lowest BCUT2D eigenvalue weighted by molar-refractivity contribution is -0.119. The molecule has 11 heteroatoms. The molecule has 162 valence electrons. The number of aryl methyl sites for hydroxylation is 1. The van der Waals surface area contributed by atoms with E-state index in [1.165, 1.54) is 37.3 Å². The average molecular weight is 444 g/mol. The summed E-state index contributed by atoms with van der Waals surface area (Å²) in [5.41, 5.74) is 0.948.